The van der Waals surface area contributed by atoms with E-state index in [0.29, 0.717) is 0 Å². The molecule has 0 aliphatic heterocycles. The van der Waals surface area contributed by atoms with Crippen molar-refractivity contribution in [2.45, 2.75) is 13.0 Å². The molecule has 1 atom stereocenters. The maximum absolute atomic E-state index is 13.8. The molecule has 1 nitrogen and oxygen atoms in total. The van der Waals surface area contributed by atoms with Crippen LogP contribution >= 0.6 is 0 Å². The lowest BCUT2D eigenvalue weighted by Crippen LogP contribution is -2.18. The highest BCUT2D eigenvalue weighted by Gasteiger charge is 2.23. The van der Waals surface area contributed by atoms with Gasteiger partial charge in [0.2, 0.25) is 0 Å². The fraction of sp³-hybridized carbons (Fsp3) is 0.143. The van der Waals surface area contributed by atoms with Crippen molar-refractivity contribution in [3.05, 3.63) is 70.3 Å². The summed E-state index contributed by atoms with van der Waals surface area (Å²) in [6.07, 6.45) is 0. The van der Waals surface area contributed by atoms with Gasteiger partial charge in [-0.1, -0.05) is 18.2 Å². The molecule has 0 aliphatic carbocycles. The van der Waals surface area contributed by atoms with Crippen molar-refractivity contribution in [2.24, 2.45) is 5.73 Å². The Bertz CT molecular complexity index is 605. The average molecular weight is 269 g/mol. The standard InChI is InChI=1S/C14H11F4N/c1-7-5-6-8(13(18)12(7)17)14(19)11-9(15)3-2-4-10(11)16/h2-6,14H,19H2,1H3. The minimum Gasteiger partial charge on any atom is -0.320 e. The van der Waals surface area contributed by atoms with Gasteiger partial charge in [-0.25, -0.2) is 17.6 Å². The van der Waals surface area contributed by atoms with Crippen LogP contribution in [0.5, 0.6) is 0 Å². The lowest BCUT2D eigenvalue weighted by molar-refractivity contribution is 0.482. The number of benzene rings is 2. The summed E-state index contributed by atoms with van der Waals surface area (Å²) < 4.78 is 54.3. The van der Waals surface area contributed by atoms with Gasteiger partial charge in [-0.05, 0) is 24.6 Å². The Hall–Kier alpha value is -1.88. The molecular weight excluding hydrogens is 258 g/mol. The highest BCUT2D eigenvalue weighted by atomic mass is 19.2. The number of nitrogens with two attached hydrogens (primary N) is 1. The largest absolute Gasteiger partial charge is 0.320 e. The number of aryl methyl sites for hydroxylation is 1. The van der Waals surface area contributed by atoms with Crippen molar-refractivity contribution in [1.82, 2.24) is 0 Å². The first-order valence-corrected chi connectivity index (χ1v) is 5.57. The molecule has 2 rings (SSSR count). The number of rotatable bonds is 2. The Kier molecular flexibility index (Phi) is 3.57. The molecule has 0 fully saturated rings. The van der Waals surface area contributed by atoms with Gasteiger partial charge < -0.3 is 5.73 Å². The van der Waals surface area contributed by atoms with Crippen LogP contribution in [0.2, 0.25) is 0 Å². The van der Waals surface area contributed by atoms with E-state index in [4.69, 9.17) is 5.73 Å². The van der Waals surface area contributed by atoms with Crippen LogP contribution in [-0.2, 0) is 0 Å². The SMILES string of the molecule is Cc1ccc(C(N)c2c(F)cccc2F)c(F)c1F. The van der Waals surface area contributed by atoms with Gasteiger partial charge in [-0.2, -0.15) is 0 Å². The van der Waals surface area contributed by atoms with Crippen molar-refractivity contribution >= 4 is 0 Å². The topological polar surface area (TPSA) is 26.0 Å². The summed E-state index contributed by atoms with van der Waals surface area (Å²) in [6, 6.07) is 4.33. The normalized spacial score (nSPS) is 12.5. The zero-order chi connectivity index (χ0) is 14.2. The van der Waals surface area contributed by atoms with Crippen LogP contribution in [0, 0.1) is 30.2 Å². The first-order chi connectivity index (χ1) is 8.93. The van der Waals surface area contributed by atoms with Gasteiger partial charge >= 0.3 is 0 Å². The predicted octanol–water partition coefficient (Wildman–Crippen LogP) is 3.60. The van der Waals surface area contributed by atoms with Gasteiger partial charge in [0.15, 0.2) is 11.6 Å². The fourth-order valence-corrected chi connectivity index (χ4v) is 1.86. The van der Waals surface area contributed by atoms with E-state index in [1.165, 1.54) is 25.1 Å². The molecule has 0 aromatic heterocycles. The quantitative estimate of drug-likeness (QED) is 0.828. The van der Waals surface area contributed by atoms with Gasteiger partial charge in [0.1, 0.15) is 11.6 Å². The van der Waals surface area contributed by atoms with Gasteiger partial charge in [-0.3, -0.25) is 0 Å². The number of halogens is 4. The van der Waals surface area contributed by atoms with Crippen LogP contribution in [0.1, 0.15) is 22.7 Å². The molecule has 0 radical (unpaired) electrons. The Morgan fingerprint density at radius 1 is 0.895 bits per heavy atom. The van der Waals surface area contributed by atoms with E-state index < -0.39 is 34.9 Å². The van der Waals surface area contributed by atoms with Crippen LogP contribution in [0.25, 0.3) is 0 Å². The van der Waals surface area contributed by atoms with Crippen molar-refractivity contribution in [1.29, 1.82) is 0 Å². The first kappa shape index (κ1) is 13.5. The second-order valence-corrected chi connectivity index (χ2v) is 4.21. The van der Waals surface area contributed by atoms with Crippen LogP contribution < -0.4 is 5.73 Å². The fourth-order valence-electron chi connectivity index (χ4n) is 1.86. The summed E-state index contributed by atoms with van der Waals surface area (Å²) in [5.41, 5.74) is 4.98. The highest BCUT2D eigenvalue weighted by molar-refractivity contribution is 5.36. The maximum atomic E-state index is 13.8. The third kappa shape index (κ3) is 2.33. The summed E-state index contributed by atoms with van der Waals surface area (Å²) in [7, 11) is 0. The molecule has 0 bridgehead atoms. The van der Waals surface area contributed by atoms with Gasteiger partial charge in [-0.15, -0.1) is 0 Å². The van der Waals surface area contributed by atoms with E-state index in [0.717, 1.165) is 12.1 Å². The number of hydrogen-bond acceptors (Lipinski definition) is 1. The lowest BCUT2D eigenvalue weighted by atomic mass is 9.97. The molecule has 19 heavy (non-hydrogen) atoms. The Morgan fingerprint density at radius 2 is 1.47 bits per heavy atom. The molecule has 5 heteroatoms. The molecule has 0 saturated carbocycles. The summed E-state index contributed by atoms with van der Waals surface area (Å²) in [5, 5.41) is 0. The molecule has 0 saturated heterocycles. The molecule has 100 valence electrons. The number of hydrogen-bond donors (Lipinski definition) is 1. The summed E-state index contributed by atoms with van der Waals surface area (Å²) in [6.45, 7) is 1.39. The Labute approximate surface area is 107 Å². The van der Waals surface area contributed by atoms with E-state index in [-0.39, 0.29) is 11.1 Å². The minimum atomic E-state index is -1.41. The van der Waals surface area contributed by atoms with E-state index in [1.807, 2.05) is 0 Å². The molecule has 1 unspecified atom stereocenters. The predicted molar refractivity (Wildman–Crippen MR) is 63.5 cm³/mol. The van der Waals surface area contributed by atoms with Crippen molar-refractivity contribution in [2.75, 3.05) is 0 Å². The van der Waals surface area contributed by atoms with Crippen molar-refractivity contribution in [3.8, 4) is 0 Å². The molecule has 2 aromatic rings. The summed E-state index contributed by atoms with van der Waals surface area (Å²) >= 11 is 0. The van der Waals surface area contributed by atoms with Crippen molar-refractivity contribution < 1.29 is 17.6 Å². The summed E-state index contributed by atoms with van der Waals surface area (Å²) in [4.78, 5) is 0. The van der Waals surface area contributed by atoms with E-state index in [9.17, 15) is 17.6 Å². The molecule has 0 spiro atoms. The second kappa shape index (κ2) is 5.01. The molecule has 0 heterocycles. The maximum Gasteiger partial charge on any atom is 0.164 e. The molecule has 0 amide bonds. The van der Waals surface area contributed by atoms with Crippen molar-refractivity contribution in [3.63, 3.8) is 0 Å². The molecule has 0 aliphatic rings. The Balaban J connectivity index is 2.57. The molecule has 2 N–H and O–H groups in total. The monoisotopic (exact) mass is 269 g/mol. The minimum absolute atomic E-state index is 0.0995. The molecular formula is C14H11F4N. The zero-order valence-electron chi connectivity index (χ0n) is 10.1. The van der Waals surface area contributed by atoms with Crippen LogP contribution in [-0.4, -0.2) is 0 Å². The first-order valence-electron chi connectivity index (χ1n) is 5.57. The van der Waals surface area contributed by atoms with Crippen LogP contribution in [0.3, 0.4) is 0 Å². The lowest BCUT2D eigenvalue weighted by Gasteiger charge is -2.16. The van der Waals surface area contributed by atoms with Gasteiger partial charge in [0, 0.05) is 11.1 Å². The third-order valence-electron chi connectivity index (χ3n) is 2.95. The van der Waals surface area contributed by atoms with Crippen LogP contribution in [0.15, 0.2) is 30.3 Å². The smallest absolute Gasteiger partial charge is 0.164 e. The zero-order valence-corrected chi connectivity index (χ0v) is 10.1. The second-order valence-electron chi connectivity index (χ2n) is 4.21. The van der Waals surface area contributed by atoms with E-state index in [2.05, 4.69) is 0 Å². The highest BCUT2D eigenvalue weighted by Crippen LogP contribution is 2.28. The summed E-state index contributed by atoms with van der Waals surface area (Å²) in [5.74, 6) is -4.04. The average Bonchev–Trinajstić information content (AvgIpc) is 2.35. The van der Waals surface area contributed by atoms with Gasteiger partial charge in [0.05, 0.1) is 6.04 Å². The Morgan fingerprint density at radius 3 is 2.05 bits per heavy atom. The van der Waals surface area contributed by atoms with Crippen LogP contribution in [0.4, 0.5) is 17.6 Å². The molecule has 2 aromatic carbocycles. The third-order valence-corrected chi connectivity index (χ3v) is 2.95. The van der Waals surface area contributed by atoms with E-state index >= 15 is 0 Å². The van der Waals surface area contributed by atoms with Gasteiger partial charge in [0.25, 0.3) is 0 Å². The van der Waals surface area contributed by atoms with E-state index in [1.54, 1.807) is 0 Å².